The quantitative estimate of drug-likeness (QED) is 0.281. The number of hydrogen-bond acceptors (Lipinski definition) is 4. The molecule has 42 valence electrons. The zero-order valence-electron chi connectivity index (χ0n) is 4.31. The lowest BCUT2D eigenvalue weighted by atomic mass is 10.7. The molecule has 0 aromatic heterocycles. The molecular formula is C4H6N4. The van der Waals surface area contributed by atoms with Crippen LogP contribution in [0.25, 0.3) is 0 Å². The molecule has 0 aromatic carbocycles. The van der Waals surface area contributed by atoms with Crippen LogP contribution >= 0.6 is 0 Å². The first-order valence-electron chi connectivity index (χ1n) is 2.11. The minimum atomic E-state index is 0.224. The molecule has 0 saturated heterocycles. The van der Waals surface area contributed by atoms with E-state index in [-0.39, 0.29) is 13.1 Å². The molecule has 0 rings (SSSR count). The van der Waals surface area contributed by atoms with Gasteiger partial charge >= 0.3 is 0 Å². The van der Waals surface area contributed by atoms with Crippen molar-refractivity contribution in [3.8, 4) is 12.1 Å². The maximum atomic E-state index is 7.93. The monoisotopic (exact) mass is 110 g/mol. The summed E-state index contributed by atoms with van der Waals surface area (Å²) in [6.07, 6.45) is 0. The molecule has 0 unspecified atom stereocenters. The molecule has 0 amide bonds. The Bertz CT molecular complexity index is 101. The first-order valence-corrected chi connectivity index (χ1v) is 2.11. The van der Waals surface area contributed by atoms with Crippen molar-refractivity contribution in [1.29, 1.82) is 10.5 Å². The predicted octanol–water partition coefficient (Wildman–Crippen LogP) is -0.872. The Kier molecular flexibility index (Phi) is 5.09. The lowest BCUT2D eigenvalue weighted by molar-refractivity contribution is 0.618. The van der Waals surface area contributed by atoms with E-state index in [0.29, 0.717) is 0 Å². The molecule has 0 aliphatic rings. The average Bonchev–Trinajstić information content (AvgIpc) is 1.81. The highest BCUT2D eigenvalue weighted by Crippen LogP contribution is 1.47. The summed E-state index contributed by atoms with van der Waals surface area (Å²) >= 11 is 0. The topological polar surface area (TPSA) is 71.6 Å². The van der Waals surface area contributed by atoms with Crippen LogP contribution in [-0.4, -0.2) is 13.1 Å². The zero-order valence-corrected chi connectivity index (χ0v) is 4.31. The normalized spacial score (nSPS) is 7.25. The molecule has 0 aliphatic heterocycles. The number of nitrogens with one attached hydrogen (secondary N) is 2. The van der Waals surface area contributed by atoms with Gasteiger partial charge in [-0.2, -0.15) is 10.5 Å². The highest BCUT2D eigenvalue weighted by molar-refractivity contribution is 4.74. The largest absolute Gasteiger partial charge is 0.243 e. The van der Waals surface area contributed by atoms with Crippen molar-refractivity contribution in [2.75, 3.05) is 13.1 Å². The van der Waals surface area contributed by atoms with Gasteiger partial charge in [-0.3, -0.25) is 0 Å². The van der Waals surface area contributed by atoms with Crippen LogP contribution in [0.5, 0.6) is 0 Å². The zero-order chi connectivity index (χ0) is 6.24. The van der Waals surface area contributed by atoms with Gasteiger partial charge in [0.05, 0.1) is 25.2 Å². The van der Waals surface area contributed by atoms with Crippen LogP contribution in [0.3, 0.4) is 0 Å². The van der Waals surface area contributed by atoms with Gasteiger partial charge < -0.3 is 0 Å². The Labute approximate surface area is 47.7 Å². The standard InChI is InChI=1S/C4H6N4/c5-1-3-7-8-4-2-6/h7-8H,3-4H2. The van der Waals surface area contributed by atoms with Crippen LogP contribution in [0.2, 0.25) is 0 Å². The first-order chi connectivity index (χ1) is 3.91. The first kappa shape index (κ1) is 6.90. The van der Waals surface area contributed by atoms with Crippen molar-refractivity contribution in [3.05, 3.63) is 0 Å². The van der Waals surface area contributed by atoms with Crippen molar-refractivity contribution < 1.29 is 0 Å². The van der Waals surface area contributed by atoms with E-state index in [9.17, 15) is 0 Å². The van der Waals surface area contributed by atoms with E-state index >= 15 is 0 Å². The van der Waals surface area contributed by atoms with Crippen LogP contribution in [0.1, 0.15) is 0 Å². The van der Waals surface area contributed by atoms with E-state index in [1.165, 1.54) is 0 Å². The van der Waals surface area contributed by atoms with Crippen LogP contribution in [0, 0.1) is 22.7 Å². The van der Waals surface area contributed by atoms with E-state index in [1.54, 1.807) is 0 Å². The molecule has 2 N–H and O–H groups in total. The van der Waals surface area contributed by atoms with Gasteiger partial charge in [0.1, 0.15) is 0 Å². The molecular weight excluding hydrogens is 104 g/mol. The Morgan fingerprint density at radius 3 is 1.62 bits per heavy atom. The molecule has 4 heteroatoms. The van der Waals surface area contributed by atoms with Crippen LogP contribution in [0.15, 0.2) is 0 Å². The minimum Gasteiger partial charge on any atom is -0.243 e. The van der Waals surface area contributed by atoms with Gasteiger partial charge in [0.15, 0.2) is 0 Å². The van der Waals surface area contributed by atoms with Crippen LogP contribution in [-0.2, 0) is 0 Å². The van der Waals surface area contributed by atoms with E-state index in [0.717, 1.165) is 0 Å². The van der Waals surface area contributed by atoms with Gasteiger partial charge in [-0.25, -0.2) is 10.9 Å². The molecule has 0 heterocycles. The van der Waals surface area contributed by atoms with Crippen molar-refractivity contribution in [2.24, 2.45) is 0 Å². The molecule has 0 spiro atoms. The van der Waals surface area contributed by atoms with Crippen molar-refractivity contribution >= 4 is 0 Å². The summed E-state index contributed by atoms with van der Waals surface area (Å²) in [5, 5.41) is 15.9. The number of hydrazine groups is 1. The lowest BCUT2D eigenvalue weighted by Gasteiger charge is -1.92. The van der Waals surface area contributed by atoms with Crippen molar-refractivity contribution in [1.82, 2.24) is 10.9 Å². The summed E-state index contributed by atoms with van der Waals surface area (Å²) in [5.41, 5.74) is 5.00. The van der Waals surface area contributed by atoms with Gasteiger partial charge in [-0.15, -0.1) is 0 Å². The highest BCUT2D eigenvalue weighted by Gasteiger charge is 1.76. The minimum absolute atomic E-state index is 0.224. The van der Waals surface area contributed by atoms with E-state index < -0.39 is 0 Å². The molecule has 0 saturated carbocycles. The summed E-state index contributed by atoms with van der Waals surface area (Å²) in [6, 6.07) is 3.69. The predicted molar refractivity (Wildman–Crippen MR) is 27.2 cm³/mol. The van der Waals surface area contributed by atoms with E-state index in [1.807, 2.05) is 12.1 Å². The molecule has 0 aromatic rings. The SMILES string of the molecule is N#CCNNCC#N. The number of nitrogens with zero attached hydrogens (tertiary/aromatic N) is 2. The summed E-state index contributed by atoms with van der Waals surface area (Å²) in [4.78, 5) is 0. The Hall–Kier alpha value is -1.10. The molecule has 4 nitrogen and oxygen atoms in total. The second-order valence-corrected chi connectivity index (χ2v) is 1.02. The number of hydrogen-bond donors (Lipinski definition) is 2. The summed E-state index contributed by atoms with van der Waals surface area (Å²) < 4.78 is 0. The Morgan fingerprint density at radius 2 is 1.38 bits per heavy atom. The summed E-state index contributed by atoms with van der Waals surface area (Å²) in [6.45, 7) is 0.448. The third-order valence-corrected chi connectivity index (χ3v) is 0.460. The third kappa shape index (κ3) is 4.90. The molecule has 0 aliphatic carbocycles. The van der Waals surface area contributed by atoms with E-state index in [2.05, 4.69) is 10.9 Å². The fourth-order valence-electron chi connectivity index (χ4n) is 0.204. The number of rotatable bonds is 3. The Morgan fingerprint density at radius 1 is 1.00 bits per heavy atom. The summed E-state index contributed by atoms with van der Waals surface area (Å²) in [7, 11) is 0. The average molecular weight is 110 g/mol. The van der Waals surface area contributed by atoms with Gasteiger partial charge in [-0.05, 0) is 0 Å². The van der Waals surface area contributed by atoms with Gasteiger partial charge in [0.25, 0.3) is 0 Å². The second kappa shape index (κ2) is 5.90. The lowest BCUT2D eigenvalue weighted by Crippen LogP contribution is -2.31. The Balaban J connectivity index is 2.77. The fourth-order valence-corrected chi connectivity index (χ4v) is 0.204. The second-order valence-electron chi connectivity index (χ2n) is 1.02. The van der Waals surface area contributed by atoms with Gasteiger partial charge in [0.2, 0.25) is 0 Å². The molecule has 0 fully saturated rings. The molecule has 8 heavy (non-hydrogen) atoms. The fraction of sp³-hybridized carbons (Fsp3) is 0.500. The highest BCUT2D eigenvalue weighted by atomic mass is 15.3. The molecule has 0 radical (unpaired) electrons. The van der Waals surface area contributed by atoms with E-state index in [4.69, 9.17) is 10.5 Å². The molecule has 0 atom stereocenters. The van der Waals surface area contributed by atoms with Gasteiger partial charge in [-0.1, -0.05) is 0 Å². The maximum absolute atomic E-state index is 7.93. The third-order valence-electron chi connectivity index (χ3n) is 0.460. The van der Waals surface area contributed by atoms with Crippen molar-refractivity contribution in [2.45, 2.75) is 0 Å². The maximum Gasteiger partial charge on any atom is 0.0972 e. The van der Waals surface area contributed by atoms with Gasteiger partial charge in [0, 0.05) is 0 Å². The summed E-state index contributed by atoms with van der Waals surface area (Å²) in [5.74, 6) is 0. The van der Waals surface area contributed by atoms with Crippen molar-refractivity contribution in [3.63, 3.8) is 0 Å². The smallest absolute Gasteiger partial charge is 0.0972 e. The van der Waals surface area contributed by atoms with Crippen LogP contribution < -0.4 is 10.9 Å². The molecule has 0 bridgehead atoms. The number of nitriles is 2. The van der Waals surface area contributed by atoms with Crippen LogP contribution in [0.4, 0.5) is 0 Å².